The highest BCUT2D eigenvalue weighted by atomic mass is 16.5. The number of carbonyl (C=O) groups is 1. The second-order valence-corrected chi connectivity index (χ2v) is 7.64. The first-order valence-corrected chi connectivity index (χ1v) is 10.5. The van der Waals surface area contributed by atoms with Crippen molar-refractivity contribution >= 4 is 11.5 Å². The molecule has 154 valence electrons. The topological polar surface area (TPSA) is 32.8 Å². The zero-order valence-corrected chi connectivity index (χ0v) is 17.4. The highest BCUT2D eigenvalue weighted by Gasteiger charge is 2.27. The molecule has 1 fully saturated rings. The van der Waals surface area contributed by atoms with Crippen LogP contribution in [-0.2, 0) is 0 Å². The van der Waals surface area contributed by atoms with Crippen molar-refractivity contribution < 1.29 is 9.53 Å². The van der Waals surface area contributed by atoms with Gasteiger partial charge in [0.25, 0.3) is 0 Å². The average molecular weight is 401 g/mol. The van der Waals surface area contributed by atoms with Crippen LogP contribution in [0.3, 0.4) is 0 Å². The summed E-state index contributed by atoms with van der Waals surface area (Å²) in [5, 5.41) is 0. The number of hydrogen-bond donors (Lipinski definition) is 0. The molecule has 1 saturated heterocycles. The lowest BCUT2D eigenvalue weighted by atomic mass is 9.96. The van der Waals surface area contributed by atoms with Gasteiger partial charge in [0.15, 0.2) is 5.78 Å². The van der Waals surface area contributed by atoms with Crippen molar-refractivity contribution in [1.29, 1.82) is 0 Å². The summed E-state index contributed by atoms with van der Waals surface area (Å²) in [5.41, 5.74) is 3.20. The summed E-state index contributed by atoms with van der Waals surface area (Å²) in [6.45, 7) is 3.79. The van der Waals surface area contributed by atoms with Gasteiger partial charge in [-0.05, 0) is 42.0 Å². The van der Waals surface area contributed by atoms with E-state index in [1.807, 2.05) is 30.3 Å². The first kappa shape index (κ1) is 20.2. The average Bonchev–Trinajstić information content (AvgIpc) is 2.84. The van der Waals surface area contributed by atoms with Crippen LogP contribution in [0, 0.1) is 0 Å². The van der Waals surface area contributed by atoms with Crippen molar-refractivity contribution in [3.05, 3.63) is 96.1 Å². The molecule has 4 nitrogen and oxygen atoms in total. The van der Waals surface area contributed by atoms with Gasteiger partial charge in [-0.25, -0.2) is 0 Å². The molecular formula is C26H28N2O2. The molecule has 0 unspecified atom stereocenters. The number of hydrogen-bond acceptors (Lipinski definition) is 4. The summed E-state index contributed by atoms with van der Waals surface area (Å²) >= 11 is 0. The minimum Gasteiger partial charge on any atom is -0.497 e. The van der Waals surface area contributed by atoms with Crippen molar-refractivity contribution in [2.75, 3.05) is 38.2 Å². The third-order valence-corrected chi connectivity index (χ3v) is 5.85. The fourth-order valence-corrected chi connectivity index (χ4v) is 4.13. The number of methoxy groups -OCH3 is 1. The predicted molar refractivity (Wildman–Crippen MR) is 121 cm³/mol. The summed E-state index contributed by atoms with van der Waals surface area (Å²) in [6, 6.07) is 28.5. The van der Waals surface area contributed by atoms with Crippen LogP contribution < -0.4 is 9.64 Å². The minimum atomic E-state index is 0.0822. The number of Topliss-reactive ketones (excluding diaryl/α,β-unsaturated/α-hetero) is 1. The summed E-state index contributed by atoms with van der Waals surface area (Å²) in [4.78, 5) is 18.0. The van der Waals surface area contributed by atoms with E-state index in [1.165, 1.54) is 11.3 Å². The van der Waals surface area contributed by atoms with Crippen LogP contribution in [0.25, 0.3) is 0 Å². The molecule has 3 aromatic carbocycles. The van der Waals surface area contributed by atoms with Crippen molar-refractivity contribution in [1.82, 2.24) is 4.90 Å². The monoisotopic (exact) mass is 400 g/mol. The molecule has 1 aliphatic rings. The van der Waals surface area contributed by atoms with Crippen molar-refractivity contribution in [2.24, 2.45) is 0 Å². The highest BCUT2D eigenvalue weighted by Crippen LogP contribution is 2.28. The molecule has 0 amide bonds. The van der Waals surface area contributed by atoms with Gasteiger partial charge in [-0.15, -0.1) is 0 Å². The molecule has 1 aliphatic heterocycles. The third-order valence-electron chi connectivity index (χ3n) is 5.85. The molecular weight excluding hydrogens is 372 g/mol. The molecule has 1 heterocycles. The fraction of sp³-hybridized carbons (Fsp3) is 0.269. The van der Waals surface area contributed by atoms with Gasteiger partial charge in [0.2, 0.25) is 0 Å². The fourth-order valence-electron chi connectivity index (χ4n) is 4.13. The Bertz CT molecular complexity index is 934. The minimum absolute atomic E-state index is 0.0822. The van der Waals surface area contributed by atoms with Crippen LogP contribution in [-0.4, -0.2) is 44.0 Å². The van der Waals surface area contributed by atoms with Crippen LogP contribution in [0.4, 0.5) is 5.69 Å². The number of ether oxygens (including phenoxy) is 1. The van der Waals surface area contributed by atoms with E-state index >= 15 is 0 Å². The number of ketones is 1. The number of anilines is 1. The second-order valence-electron chi connectivity index (χ2n) is 7.64. The van der Waals surface area contributed by atoms with E-state index in [0.717, 1.165) is 37.5 Å². The van der Waals surface area contributed by atoms with Gasteiger partial charge in [0.1, 0.15) is 5.75 Å². The second kappa shape index (κ2) is 9.59. The van der Waals surface area contributed by atoms with E-state index in [0.29, 0.717) is 6.42 Å². The van der Waals surface area contributed by atoms with Gasteiger partial charge in [-0.3, -0.25) is 9.69 Å². The lowest BCUT2D eigenvalue weighted by Crippen LogP contribution is -2.48. The molecule has 0 N–H and O–H groups in total. The van der Waals surface area contributed by atoms with E-state index in [2.05, 4.69) is 64.4 Å². The zero-order valence-electron chi connectivity index (χ0n) is 17.4. The molecule has 0 radical (unpaired) electrons. The summed E-state index contributed by atoms with van der Waals surface area (Å²) < 4.78 is 5.22. The van der Waals surface area contributed by atoms with Crippen LogP contribution in [0.15, 0.2) is 84.9 Å². The lowest BCUT2D eigenvalue weighted by Gasteiger charge is -2.40. The molecule has 0 aliphatic carbocycles. The number of rotatable bonds is 7. The molecule has 4 rings (SSSR count). The van der Waals surface area contributed by atoms with Crippen molar-refractivity contribution in [3.63, 3.8) is 0 Å². The standard InChI is InChI=1S/C26H28N2O2/c1-30-24-14-12-22(13-15-24)26(29)20-25(21-8-4-2-5-9-21)28-18-16-27(17-19-28)23-10-6-3-7-11-23/h2-15,25H,16-20H2,1H3/t25-/m1/s1. The Balaban J connectivity index is 1.49. The maximum Gasteiger partial charge on any atom is 0.164 e. The Kier molecular flexibility index (Phi) is 6.45. The Morgan fingerprint density at radius 2 is 1.43 bits per heavy atom. The van der Waals surface area contributed by atoms with Crippen LogP contribution in [0.5, 0.6) is 5.75 Å². The summed E-state index contributed by atoms with van der Waals surface area (Å²) in [6.07, 6.45) is 0.474. The molecule has 4 heteroatoms. The van der Waals surface area contributed by atoms with Crippen LogP contribution in [0.2, 0.25) is 0 Å². The van der Waals surface area contributed by atoms with Crippen LogP contribution >= 0.6 is 0 Å². The highest BCUT2D eigenvalue weighted by molar-refractivity contribution is 5.96. The van der Waals surface area contributed by atoms with Crippen molar-refractivity contribution in [2.45, 2.75) is 12.5 Å². The van der Waals surface area contributed by atoms with E-state index in [-0.39, 0.29) is 11.8 Å². The Morgan fingerprint density at radius 3 is 2.03 bits per heavy atom. The quantitative estimate of drug-likeness (QED) is 0.532. The normalized spacial score (nSPS) is 15.6. The lowest BCUT2D eigenvalue weighted by molar-refractivity contribution is 0.0910. The van der Waals surface area contributed by atoms with E-state index < -0.39 is 0 Å². The largest absolute Gasteiger partial charge is 0.497 e. The van der Waals surface area contributed by atoms with Gasteiger partial charge >= 0.3 is 0 Å². The molecule has 0 aromatic heterocycles. The molecule has 0 saturated carbocycles. The number of nitrogens with zero attached hydrogens (tertiary/aromatic N) is 2. The predicted octanol–water partition coefficient (Wildman–Crippen LogP) is 4.83. The van der Waals surface area contributed by atoms with Gasteiger partial charge in [0.05, 0.1) is 7.11 Å². The van der Waals surface area contributed by atoms with E-state index in [1.54, 1.807) is 7.11 Å². The molecule has 1 atom stereocenters. The van der Waals surface area contributed by atoms with Gasteiger partial charge in [-0.1, -0.05) is 48.5 Å². The molecule has 30 heavy (non-hydrogen) atoms. The summed E-state index contributed by atoms with van der Waals surface area (Å²) in [7, 11) is 1.64. The first-order chi connectivity index (χ1) is 14.7. The Morgan fingerprint density at radius 1 is 0.833 bits per heavy atom. The van der Waals surface area contributed by atoms with Crippen LogP contribution in [0.1, 0.15) is 28.4 Å². The van der Waals surface area contributed by atoms with E-state index in [9.17, 15) is 4.79 Å². The third kappa shape index (κ3) is 4.71. The number of benzene rings is 3. The van der Waals surface area contributed by atoms with Gasteiger partial charge in [0, 0.05) is 49.9 Å². The van der Waals surface area contributed by atoms with Crippen molar-refractivity contribution in [3.8, 4) is 5.75 Å². The smallest absolute Gasteiger partial charge is 0.164 e. The maximum atomic E-state index is 13.1. The van der Waals surface area contributed by atoms with Gasteiger partial charge in [-0.2, -0.15) is 0 Å². The van der Waals surface area contributed by atoms with E-state index in [4.69, 9.17) is 4.74 Å². The maximum absolute atomic E-state index is 13.1. The number of carbonyl (C=O) groups excluding carboxylic acids is 1. The zero-order chi connectivity index (χ0) is 20.8. The van der Waals surface area contributed by atoms with Gasteiger partial charge < -0.3 is 9.64 Å². The Labute approximate surface area is 178 Å². The molecule has 3 aromatic rings. The SMILES string of the molecule is COc1ccc(C(=O)C[C@H](c2ccccc2)N2CCN(c3ccccc3)CC2)cc1. The first-order valence-electron chi connectivity index (χ1n) is 10.5. The molecule has 0 spiro atoms. The number of piperazine rings is 1. The summed E-state index contributed by atoms with van der Waals surface area (Å²) in [5.74, 6) is 0.931. The number of para-hydroxylation sites is 1. The molecule has 0 bridgehead atoms. The Hall–Kier alpha value is -3.11.